The van der Waals surface area contributed by atoms with E-state index in [4.69, 9.17) is 0 Å². The number of nitrogens with zero attached hydrogens (tertiary/aromatic N) is 2. The van der Waals surface area contributed by atoms with Gasteiger partial charge in [0.2, 0.25) is 10.0 Å². The predicted octanol–water partition coefficient (Wildman–Crippen LogP) is 3.04. The van der Waals surface area contributed by atoms with Gasteiger partial charge in [-0.3, -0.25) is 4.72 Å². The molecule has 7 nitrogen and oxygen atoms in total. The summed E-state index contributed by atoms with van der Waals surface area (Å²) in [5.74, 6) is 0.00576. The number of amides is 2. The average Bonchev–Trinajstić information content (AvgIpc) is 2.67. The first-order valence-electron chi connectivity index (χ1n) is 9.14. The highest BCUT2D eigenvalue weighted by molar-refractivity contribution is 7.92. The Balaban J connectivity index is 2.05. The normalized spacial score (nSPS) is 11.3. The maximum Gasteiger partial charge on any atom is 0.322 e. The minimum atomic E-state index is -3.32. The predicted molar refractivity (Wildman–Crippen MR) is 114 cm³/mol. The van der Waals surface area contributed by atoms with E-state index in [0.29, 0.717) is 24.5 Å². The zero-order valence-electron chi connectivity index (χ0n) is 16.6. The zero-order valence-corrected chi connectivity index (χ0v) is 17.4. The Labute approximate surface area is 167 Å². The summed E-state index contributed by atoms with van der Waals surface area (Å²) in [6.45, 7) is 3.42. The molecule has 2 amide bonds. The summed E-state index contributed by atoms with van der Waals surface area (Å²) in [7, 11) is 0.612. The number of sulfonamides is 1. The van der Waals surface area contributed by atoms with Crippen LogP contribution in [-0.4, -0.2) is 57.2 Å². The summed E-state index contributed by atoms with van der Waals surface area (Å²) in [6, 6.07) is 16.2. The van der Waals surface area contributed by atoms with Crippen molar-refractivity contribution in [2.45, 2.75) is 13.5 Å². The average molecular weight is 405 g/mol. The summed E-state index contributed by atoms with van der Waals surface area (Å²) in [6.07, 6.45) is 0. The number of benzene rings is 2. The third-order valence-corrected chi connectivity index (χ3v) is 5.42. The molecular formula is C20H28N4O3S. The van der Waals surface area contributed by atoms with Crippen LogP contribution in [0.15, 0.2) is 54.6 Å². The van der Waals surface area contributed by atoms with Gasteiger partial charge in [0.1, 0.15) is 0 Å². The monoisotopic (exact) mass is 404 g/mol. The third kappa shape index (κ3) is 7.21. The SMILES string of the molecule is CCS(=O)(=O)Nc1ccc(NC(=O)N(CCN(C)C)Cc2ccccc2)cc1. The summed E-state index contributed by atoms with van der Waals surface area (Å²) >= 11 is 0. The Kier molecular flexibility index (Phi) is 7.83. The lowest BCUT2D eigenvalue weighted by Crippen LogP contribution is -2.39. The van der Waals surface area contributed by atoms with E-state index in [1.165, 1.54) is 0 Å². The van der Waals surface area contributed by atoms with E-state index in [0.717, 1.165) is 12.1 Å². The molecule has 8 heteroatoms. The minimum absolute atomic E-state index is 0.00576. The lowest BCUT2D eigenvalue weighted by Gasteiger charge is -2.25. The van der Waals surface area contributed by atoms with Gasteiger partial charge in [0.05, 0.1) is 5.75 Å². The molecule has 0 atom stereocenters. The molecule has 2 N–H and O–H groups in total. The van der Waals surface area contributed by atoms with Crippen LogP contribution in [0.2, 0.25) is 0 Å². The minimum Gasteiger partial charge on any atom is -0.319 e. The lowest BCUT2D eigenvalue weighted by atomic mass is 10.2. The Morgan fingerprint density at radius 3 is 2.11 bits per heavy atom. The van der Waals surface area contributed by atoms with E-state index in [1.807, 2.05) is 49.3 Å². The summed E-state index contributed by atoms with van der Waals surface area (Å²) in [5.41, 5.74) is 2.13. The Morgan fingerprint density at radius 2 is 1.54 bits per heavy atom. The van der Waals surface area contributed by atoms with Crippen molar-refractivity contribution in [3.63, 3.8) is 0 Å². The molecule has 0 heterocycles. The van der Waals surface area contributed by atoms with Crippen molar-refractivity contribution in [2.75, 3.05) is 43.0 Å². The summed E-state index contributed by atoms with van der Waals surface area (Å²) in [4.78, 5) is 16.6. The molecule has 0 saturated heterocycles. The van der Waals surface area contributed by atoms with Crippen LogP contribution in [-0.2, 0) is 16.6 Å². The Bertz CT molecular complexity index is 853. The highest BCUT2D eigenvalue weighted by Crippen LogP contribution is 2.16. The van der Waals surface area contributed by atoms with E-state index in [1.54, 1.807) is 36.1 Å². The van der Waals surface area contributed by atoms with E-state index in [9.17, 15) is 13.2 Å². The van der Waals surface area contributed by atoms with Crippen LogP contribution in [0.1, 0.15) is 12.5 Å². The fraction of sp³-hybridized carbons (Fsp3) is 0.350. The van der Waals surface area contributed by atoms with Gasteiger partial charge >= 0.3 is 6.03 Å². The number of carbonyl (C=O) groups is 1. The summed E-state index contributed by atoms with van der Waals surface area (Å²) in [5, 5.41) is 2.88. The van der Waals surface area contributed by atoms with Crippen molar-refractivity contribution in [3.05, 3.63) is 60.2 Å². The molecule has 0 bridgehead atoms. The van der Waals surface area contributed by atoms with Gasteiger partial charge in [-0.1, -0.05) is 30.3 Å². The Morgan fingerprint density at radius 1 is 0.929 bits per heavy atom. The molecule has 0 saturated carbocycles. The Hall–Kier alpha value is -2.58. The molecule has 0 aliphatic carbocycles. The van der Waals surface area contributed by atoms with Crippen molar-refractivity contribution >= 4 is 27.4 Å². The molecule has 2 aromatic carbocycles. The molecule has 0 aliphatic rings. The van der Waals surface area contributed by atoms with Gasteiger partial charge in [-0.25, -0.2) is 13.2 Å². The van der Waals surface area contributed by atoms with Crippen LogP contribution >= 0.6 is 0 Å². The van der Waals surface area contributed by atoms with Crippen molar-refractivity contribution < 1.29 is 13.2 Å². The topological polar surface area (TPSA) is 81.8 Å². The molecule has 0 aromatic heterocycles. The van der Waals surface area contributed by atoms with Crippen LogP contribution in [0, 0.1) is 0 Å². The molecule has 28 heavy (non-hydrogen) atoms. The molecule has 0 radical (unpaired) electrons. The van der Waals surface area contributed by atoms with Crippen molar-refractivity contribution in [1.29, 1.82) is 0 Å². The second-order valence-corrected chi connectivity index (χ2v) is 8.73. The first-order valence-corrected chi connectivity index (χ1v) is 10.8. The highest BCUT2D eigenvalue weighted by atomic mass is 32.2. The van der Waals surface area contributed by atoms with Crippen molar-refractivity contribution in [2.24, 2.45) is 0 Å². The van der Waals surface area contributed by atoms with Crippen LogP contribution in [0.5, 0.6) is 0 Å². The van der Waals surface area contributed by atoms with Crippen LogP contribution in [0.3, 0.4) is 0 Å². The molecule has 0 spiro atoms. The fourth-order valence-corrected chi connectivity index (χ4v) is 3.09. The zero-order chi connectivity index (χ0) is 20.6. The number of anilines is 2. The van der Waals surface area contributed by atoms with E-state index in [2.05, 4.69) is 10.0 Å². The molecule has 2 rings (SSSR count). The molecule has 0 aliphatic heterocycles. The second-order valence-electron chi connectivity index (χ2n) is 6.72. The van der Waals surface area contributed by atoms with Crippen LogP contribution in [0.25, 0.3) is 0 Å². The highest BCUT2D eigenvalue weighted by Gasteiger charge is 2.15. The maximum atomic E-state index is 12.8. The molecular weight excluding hydrogens is 376 g/mol. The molecule has 2 aromatic rings. The molecule has 152 valence electrons. The fourth-order valence-electron chi connectivity index (χ4n) is 2.45. The van der Waals surface area contributed by atoms with Crippen molar-refractivity contribution in [1.82, 2.24) is 9.80 Å². The molecule has 0 unspecified atom stereocenters. The smallest absolute Gasteiger partial charge is 0.319 e. The number of carbonyl (C=O) groups excluding carboxylic acids is 1. The number of rotatable bonds is 9. The van der Waals surface area contributed by atoms with E-state index in [-0.39, 0.29) is 11.8 Å². The van der Waals surface area contributed by atoms with Crippen LogP contribution < -0.4 is 10.0 Å². The van der Waals surface area contributed by atoms with Gasteiger partial charge < -0.3 is 15.1 Å². The van der Waals surface area contributed by atoms with Gasteiger partial charge in [-0.2, -0.15) is 0 Å². The molecule has 0 fully saturated rings. The van der Waals surface area contributed by atoms with Gasteiger partial charge in [0, 0.05) is 31.0 Å². The first kappa shape index (κ1) is 21.7. The van der Waals surface area contributed by atoms with Gasteiger partial charge in [0.15, 0.2) is 0 Å². The number of urea groups is 1. The number of likely N-dealkylation sites (N-methyl/N-ethyl adjacent to an activating group) is 1. The quantitative estimate of drug-likeness (QED) is 0.673. The van der Waals surface area contributed by atoms with Crippen LogP contribution in [0.4, 0.5) is 16.2 Å². The van der Waals surface area contributed by atoms with E-state index < -0.39 is 10.0 Å². The van der Waals surface area contributed by atoms with Gasteiger partial charge in [0.25, 0.3) is 0 Å². The third-order valence-electron chi connectivity index (χ3n) is 4.11. The maximum absolute atomic E-state index is 12.8. The lowest BCUT2D eigenvalue weighted by molar-refractivity contribution is 0.202. The largest absolute Gasteiger partial charge is 0.322 e. The second kappa shape index (κ2) is 10.1. The standard InChI is InChI=1S/C20H28N4O3S/c1-4-28(26,27)22-19-12-10-18(11-13-19)21-20(25)24(15-14-23(2)3)16-17-8-6-5-7-9-17/h5-13,22H,4,14-16H2,1-3H3,(H,21,25). The van der Waals surface area contributed by atoms with Gasteiger partial charge in [-0.05, 0) is 50.8 Å². The number of hydrogen-bond acceptors (Lipinski definition) is 4. The first-order chi connectivity index (χ1) is 13.3. The number of nitrogens with one attached hydrogen (secondary N) is 2. The van der Waals surface area contributed by atoms with Gasteiger partial charge in [-0.15, -0.1) is 0 Å². The van der Waals surface area contributed by atoms with E-state index >= 15 is 0 Å². The number of hydrogen-bond donors (Lipinski definition) is 2. The van der Waals surface area contributed by atoms with Crippen molar-refractivity contribution in [3.8, 4) is 0 Å². The summed E-state index contributed by atoms with van der Waals surface area (Å²) < 4.78 is 25.7.